The van der Waals surface area contributed by atoms with Crippen LogP contribution in [0.5, 0.6) is 0 Å². The van der Waals surface area contributed by atoms with Gasteiger partial charge in [-0.05, 0) is 95.6 Å². The molecule has 4 saturated heterocycles. The molecule has 15 atom stereocenters. The second-order valence-corrected chi connectivity index (χ2v) is 29.9. The number of carbonyl (C=O) groups excluding carboxylic acids is 14. The van der Waals surface area contributed by atoms with Crippen LogP contribution in [0.15, 0.2) is 41.5 Å². The number of aliphatic imine (C=N–C) groups is 1. The second-order valence-electron chi connectivity index (χ2n) is 27.3. The Morgan fingerprint density at radius 1 is 0.696 bits per heavy atom. The molecule has 0 aliphatic carbocycles. The number of rotatable bonds is 29. The van der Waals surface area contributed by atoms with Gasteiger partial charge in [0.25, 0.3) is 0 Å². The summed E-state index contributed by atoms with van der Waals surface area (Å²) in [6.07, 6.45) is -0.759. The summed E-state index contributed by atoms with van der Waals surface area (Å²) >= 11 is 0. The van der Waals surface area contributed by atoms with Crippen LogP contribution < -0.4 is 76.1 Å². The fourth-order valence-electron chi connectivity index (χ4n) is 12.9. The number of carboxylic acids is 2. The SMILES string of the molecule is CC[C@H](C)[C@@H]1NC(=O)[C@H](CO)NC(=O)[C@H](CCCCN)NC(=O)[C@H]([C@@H](C)O)NC(=O)[C@@H](NC(=O)[C@H](CCCN=C(N)N)NC(=O)CN)CSSC[C@@H](C(=O)N[C@@H](Cc2ccccc2)C(=O)N2CCC[C@H]2C(=O)N[C@@H](CC(=O)O)C(=O)O)NC(=O)[C@H](Cn2cc(C(=O)OC)nn2)NC(=O)[C@@H]2CCCN2C(=O)[C@@H]2CCCN2C1=O. The van der Waals surface area contributed by atoms with Gasteiger partial charge in [0.1, 0.15) is 78.5 Å². The highest BCUT2D eigenvalue weighted by molar-refractivity contribution is 8.76. The molecule has 0 saturated carbocycles. The third kappa shape index (κ3) is 26.4. The molecular formula is C68H103N21O21S2. The first-order valence-electron chi connectivity index (χ1n) is 36.7. The summed E-state index contributed by atoms with van der Waals surface area (Å²) in [6.45, 7) is 2.13. The van der Waals surface area contributed by atoms with E-state index in [1.54, 1.807) is 44.2 Å². The molecule has 0 radical (unpaired) electrons. The number of hydrogen-bond donors (Lipinski definition) is 18. The monoisotopic (exact) mass is 1610 g/mol. The summed E-state index contributed by atoms with van der Waals surface area (Å²) < 4.78 is 5.80. The maximum atomic E-state index is 15.5. The molecule has 6 rings (SSSR count). The van der Waals surface area contributed by atoms with Crippen molar-refractivity contribution in [2.45, 2.75) is 202 Å². The molecular weight excluding hydrogens is 1510 g/mol. The Morgan fingerprint density at radius 3 is 1.96 bits per heavy atom. The zero-order chi connectivity index (χ0) is 82.5. The number of benzene rings is 1. The number of aromatic nitrogens is 3. The number of guanidine groups is 1. The van der Waals surface area contributed by atoms with E-state index in [9.17, 15) is 73.2 Å². The van der Waals surface area contributed by atoms with Gasteiger partial charge in [0, 0.05) is 44.1 Å². The van der Waals surface area contributed by atoms with Gasteiger partial charge in [-0.2, -0.15) is 0 Å². The first-order valence-corrected chi connectivity index (χ1v) is 39.2. The minimum absolute atomic E-state index is 0.00984. The van der Waals surface area contributed by atoms with Crippen LogP contribution in [0.4, 0.5) is 0 Å². The number of methoxy groups -OCH3 is 1. The first kappa shape index (κ1) is 90.6. The maximum Gasteiger partial charge on any atom is 0.360 e. The number of unbranched alkanes of at least 4 members (excludes halogenated alkanes) is 1. The van der Waals surface area contributed by atoms with Gasteiger partial charge in [0.15, 0.2) is 11.7 Å². The molecule has 4 fully saturated rings. The van der Waals surface area contributed by atoms with E-state index in [1.807, 2.05) is 0 Å². The third-order valence-corrected chi connectivity index (χ3v) is 21.6. The number of carboxylic acid groups (broad SMARTS) is 2. The molecule has 4 aliphatic heterocycles. The Labute approximate surface area is 652 Å². The molecule has 1 aromatic heterocycles. The van der Waals surface area contributed by atoms with Crippen LogP contribution >= 0.6 is 21.6 Å². The molecule has 4 aliphatic rings. The van der Waals surface area contributed by atoms with Crippen molar-refractivity contribution in [2.75, 3.05) is 64.5 Å². The maximum absolute atomic E-state index is 15.5. The van der Waals surface area contributed by atoms with Crippen LogP contribution in [0.3, 0.4) is 0 Å². The van der Waals surface area contributed by atoms with Gasteiger partial charge in [-0.15, -0.1) is 5.10 Å². The Morgan fingerprint density at radius 2 is 1.32 bits per heavy atom. The minimum atomic E-state index is -1.97. The minimum Gasteiger partial charge on any atom is -0.481 e. The lowest BCUT2D eigenvalue weighted by atomic mass is 9.96. The van der Waals surface area contributed by atoms with Gasteiger partial charge in [-0.25, -0.2) is 14.3 Å². The number of nitrogens with two attached hydrogens (primary N) is 4. The van der Waals surface area contributed by atoms with E-state index < -0.39 is 223 Å². The average Bonchev–Trinajstić information content (AvgIpc) is 1.63. The number of likely N-dealkylation sites (tertiary alicyclic amines) is 1. The molecule has 5 heterocycles. The van der Waals surface area contributed by atoms with Crippen molar-refractivity contribution in [3.05, 3.63) is 47.8 Å². The lowest BCUT2D eigenvalue weighted by Crippen LogP contribution is -2.62. The van der Waals surface area contributed by atoms with Gasteiger partial charge in [0.2, 0.25) is 76.8 Å². The molecule has 0 unspecified atom stereocenters. The summed E-state index contributed by atoms with van der Waals surface area (Å²) in [5.41, 5.74) is 22.6. The molecule has 22 N–H and O–H groups in total. The lowest BCUT2D eigenvalue weighted by Gasteiger charge is -2.35. The first-order chi connectivity index (χ1) is 53.3. The Balaban J connectivity index is 1.50. The van der Waals surface area contributed by atoms with E-state index in [2.05, 4.69) is 68.5 Å². The molecule has 112 heavy (non-hydrogen) atoms. The van der Waals surface area contributed by atoms with Gasteiger partial charge in [0.05, 0.1) is 45.5 Å². The summed E-state index contributed by atoms with van der Waals surface area (Å²) in [4.78, 5) is 234. The van der Waals surface area contributed by atoms with Crippen molar-refractivity contribution in [2.24, 2.45) is 33.8 Å². The number of ether oxygens (including phenoxy) is 1. The van der Waals surface area contributed by atoms with Crippen molar-refractivity contribution < 1.29 is 102 Å². The van der Waals surface area contributed by atoms with E-state index in [-0.39, 0.29) is 115 Å². The molecule has 0 spiro atoms. The number of carbonyl (C=O) groups is 16. The van der Waals surface area contributed by atoms with Crippen LogP contribution in [-0.2, 0) is 89.6 Å². The predicted octanol–water partition coefficient (Wildman–Crippen LogP) is -7.36. The number of amides is 13. The number of aliphatic hydroxyl groups excluding tert-OH is 2. The van der Waals surface area contributed by atoms with E-state index in [1.165, 1.54) is 9.80 Å². The second kappa shape index (κ2) is 44.7. The number of fused-ring (bicyclic) bond motifs is 2. The summed E-state index contributed by atoms with van der Waals surface area (Å²) in [6, 6.07) is -12.9. The van der Waals surface area contributed by atoms with E-state index in [0.717, 1.165) is 51.4 Å². The van der Waals surface area contributed by atoms with Crippen molar-refractivity contribution in [3.63, 3.8) is 0 Å². The Kier molecular flexibility index (Phi) is 36.1. The highest BCUT2D eigenvalue weighted by Crippen LogP contribution is 2.29. The Bertz CT molecular complexity index is 3710. The molecule has 2 aromatic rings. The van der Waals surface area contributed by atoms with Crippen LogP contribution in [0, 0.1) is 5.92 Å². The topological polar surface area (TPSA) is 640 Å². The number of aliphatic carboxylic acids is 2. The summed E-state index contributed by atoms with van der Waals surface area (Å²) in [7, 11) is 2.57. The standard InChI is InChI=1S/C68H103N21O21S2/c1-5-35(2)52-65(106)89-26-14-21-49(89)64(105)88-25-13-20-48(88)61(102)78-42(30-86-31-43(84-85-86)67(109)110-4)56(97)81-45(58(99)76-40(27-37-15-7-6-8-16-37)63(104)87-24-12-19-47(87)60(101)77-41(66(107)108)28-51(93)94)33-111-112-34-46(80-54(95)38(74-50(92)29-70)18-11-23-73-68(71)72)59(100)83-53(36(3)91)62(103)75-39(17-9-10-22-69)55(96)79-44(32-90)57(98)82-52/h6-8,15-16,31,35-36,38-42,44-49,52-53,90-91H,5,9-14,17-30,32-34,69-70H2,1-4H3,(H,74,92)(H,75,103)(H,76,99)(H,77,101)(H,78,102)(H,79,96)(H,80,95)(H,81,97)(H,82,98)(H,83,100)(H,93,94)(H,107,108)(H4,71,72,73)/t35-,36+,38-,39-,40-,41-,42-,44-,45-,46-,47-,48-,49-,52-,53-/m0/s1. The quantitative estimate of drug-likeness (QED) is 0.0118. The predicted molar refractivity (Wildman–Crippen MR) is 400 cm³/mol. The summed E-state index contributed by atoms with van der Waals surface area (Å²) in [5, 5.41) is 74.2. The Hall–Kier alpha value is -10.3. The zero-order valence-electron chi connectivity index (χ0n) is 62.6. The van der Waals surface area contributed by atoms with Gasteiger partial charge in [-0.3, -0.25) is 72.1 Å². The lowest BCUT2D eigenvalue weighted by molar-refractivity contribution is -0.149. The fourth-order valence-corrected chi connectivity index (χ4v) is 15.2. The highest BCUT2D eigenvalue weighted by atomic mass is 33.1. The van der Waals surface area contributed by atoms with E-state index >= 15 is 24.0 Å². The number of esters is 1. The molecule has 0 bridgehead atoms. The van der Waals surface area contributed by atoms with Crippen molar-refractivity contribution in [3.8, 4) is 0 Å². The van der Waals surface area contributed by atoms with Crippen LogP contribution in [0.1, 0.15) is 120 Å². The number of nitrogens with zero attached hydrogens (tertiary/aromatic N) is 7. The van der Waals surface area contributed by atoms with E-state index in [4.69, 9.17) is 27.7 Å². The largest absolute Gasteiger partial charge is 0.481 e. The average molecular weight is 1610 g/mol. The molecule has 42 nitrogen and oxygen atoms in total. The number of hydrogen-bond acceptors (Lipinski definition) is 26. The molecule has 1 aromatic carbocycles. The smallest absolute Gasteiger partial charge is 0.360 e. The zero-order valence-corrected chi connectivity index (χ0v) is 64.2. The normalized spacial score (nSPS) is 24.1. The molecule has 618 valence electrons. The number of nitrogens with one attached hydrogen (secondary N) is 10. The van der Waals surface area contributed by atoms with Crippen molar-refractivity contribution >= 4 is 122 Å². The van der Waals surface area contributed by atoms with E-state index in [0.29, 0.717) is 18.4 Å². The van der Waals surface area contributed by atoms with Crippen molar-refractivity contribution in [1.82, 2.24) is 82.9 Å². The highest BCUT2D eigenvalue weighted by Gasteiger charge is 2.47. The van der Waals surface area contributed by atoms with Crippen LogP contribution in [0.2, 0.25) is 0 Å². The molecule has 13 amide bonds. The van der Waals surface area contributed by atoms with Crippen molar-refractivity contribution in [1.29, 1.82) is 0 Å². The van der Waals surface area contributed by atoms with Gasteiger partial charge < -0.3 is 116 Å². The van der Waals surface area contributed by atoms with Gasteiger partial charge in [-0.1, -0.05) is 77.4 Å². The third-order valence-electron chi connectivity index (χ3n) is 19.2. The fraction of sp³-hybridized carbons (Fsp3) is 0.632. The van der Waals surface area contributed by atoms with Gasteiger partial charge >= 0.3 is 17.9 Å². The molecule has 44 heteroatoms. The van der Waals surface area contributed by atoms with Crippen LogP contribution in [-0.4, -0.2) is 300 Å². The summed E-state index contributed by atoms with van der Waals surface area (Å²) in [5.74, 6) is -19.1. The van der Waals surface area contributed by atoms with Crippen LogP contribution in [0.25, 0.3) is 0 Å². The number of aliphatic hydroxyl groups is 2.